The first kappa shape index (κ1) is 29.6. The van der Waals surface area contributed by atoms with Crippen LogP contribution in [0.2, 0.25) is 0 Å². The average Bonchev–Trinajstić information content (AvgIpc) is 3.50. The predicted octanol–water partition coefficient (Wildman–Crippen LogP) is 6.22. The van der Waals surface area contributed by atoms with E-state index in [1.165, 1.54) is 17.7 Å². The summed E-state index contributed by atoms with van der Waals surface area (Å²) >= 11 is 5.80. The largest absolute Gasteiger partial charge is 0.368 e. The Morgan fingerprint density at radius 3 is 2.12 bits per heavy atom. The van der Waals surface area contributed by atoms with Crippen molar-refractivity contribution in [2.75, 3.05) is 65.8 Å². The standard InChI is InChI=1S/C34H44FN7S/c1-25-20-26(2)23-42(22-25)31-21-30(41-18-16-40(17-19-41)29-8-4-3-5-9-29)37-32(38-31)39-33(43)36-24-34(14-6-7-15-34)27-10-12-28(35)13-11-27/h3-5,8-13,21,25-26H,6-7,14-20,22-24H2,1-2H3,(H2,36,37,38,39,43)/t25-,26-/m1/s1. The normalized spacial score (nSPS) is 22.0. The van der Waals surface area contributed by atoms with Gasteiger partial charge in [0.05, 0.1) is 0 Å². The van der Waals surface area contributed by atoms with Crippen LogP contribution in [0.3, 0.4) is 0 Å². The molecular weight excluding hydrogens is 557 g/mol. The van der Waals surface area contributed by atoms with Crippen LogP contribution in [0.15, 0.2) is 60.7 Å². The van der Waals surface area contributed by atoms with Crippen LogP contribution in [0.4, 0.5) is 27.7 Å². The Hall–Kier alpha value is -3.46. The van der Waals surface area contributed by atoms with Crippen molar-refractivity contribution in [1.82, 2.24) is 15.3 Å². The van der Waals surface area contributed by atoms with Crippen LogP contribution in [0.25, 0.3) is 0 Å². The zero-order valence-corrected chi connectivity index (χ0v) is 26.3. The molecule has 3 aliphatic rings. The molecule has 1 saturated carbocycles. The number of nitrogens with one attached hydrogen (secondary N) is 2. The third kappa shape index (κ3) is 7.03. The van der Waals surface area contributed by atoms with E-state index in [1.54, 1.807) is 12.1 Å². The average molecular weight is 602 g/mol. The molecular formula is C34H44FN7S. The molecule has 6 rings (SSSR count). The number of anilines is 4. The SMILES string of the molecule is C[C@@H]1C[C@@H](C)CN(c2cc(N3CCN(c4ccccc4)CC3)nc(NC(=S)NCC3(c4ccc(F)cc4)CCCC3)n2)C1. The lowest BCUT2D eigenvalue weighted by molar-refractivity contribution is 0.355. The van der Waals surface area contributed by atoms with Crippen molar-refractivity contribution in [2.45, 2.75) is 51.4 Å². The molecule has 3 heterocycles. The van der Waals surface area contributed by atoms with Gasteiger partial charge in [-0.05, 0) is 73.1 Å². The van der Waals surface area contributed by atoms with Gasteiger partial charge in [0.2, 0.25) is 5.95 Å². The summed E-state index contributed by atoms with van der Waals surface area (Å²) < 4.78 is 13.7. The third-order valence-corrected chi connectivity index (χ3v) is 9.69. The molecule has 0 spiro atoms. The molecule has 2 aromatic carbocycles. The zero-order chi connectivity index (χ0) is 29.8. The van der Waals surface area contributed by atoms with Crippen LogP contribution in [0.1, 0.15) is 51.5 Å². The molecule has 0 amide bonds. The van der Waals surface area contributed by atoms with E-state index in [4.69, 9.17) is 22.2 Å². The number of rotatable bonds is 7. The van der Waals surface area contributed by atoms with Gasteiger partial charge in [-0.3, -0.25) is 0 Å². The molecule has 43 heavy (non-hydrogen) atoms. The monoisotopic (exact) mass is 601 g/mol. The van der Waals surface area contributed by atoms with Crippen molar-refractivity contribution in [2.24, 2.45) is 11.8 Å². The molecule has 0 unspecified atom stereocenters. The van der Waals surface area contributed by atoms with Crippen molar-refractivity contribution in [3.05, 3.63) is 72.0 Å². The lowest BCUT2D eigenvalue weighted by Gasteiger charge is -2.38. The van der Waals surface area contributed by atoms with Crippen molar-refractivity contribution in [1.29, 1.82) is 0 Å². The molecule has 2 aliphatic heterocycles. The summed E-state index contributed by atoms with van der Waals surface area (Å²) in [5.74, 6) is 3.46. The van der Waals surface area contributed by atoms with Crippen LogP contribution < -0.4 is 25.3 Å². The van der Waals surface area contributed by atoms with Gasteiger partial charge in [0.15, 0.2) is 5.11 Å². The number of piperazine rings is 1. The Bertz CT molecular complexity index is 1360. The maximum absolute atomic E-state index is 13.7. The Kier molecular flexibility index (Phi) is 8.98. The smallest absolute Gasteiger partial charge is 0.232 e. The van der Waals surface area contributed by atoms with Gasteiger partial charge in [0.25, 0.3) is 0 Å². The van der Waals surface area contributed by atoms with Crippen LogP contribution >= 0.6 is 12.2 Å². The Balaban J connectivity index is 1.18. The fraction of sp³-hybridized carbons (Fsp3) is 0.500. The van der Waals surface area contributed by atoms with E-state index < -0.39 is 0 Å². The van der Waals surface area contributed by atoms with Gasteiger partial charge >= 0.3 is 0 Å². The van der Waals surface area contributed by atoms with E-state index in [0.29, 0.717) is 29.4 Å². The van der Waals surface area contributed by atoms with Crippen molar-refractivity contribution < 1.29 is 4.39 Å². The van der Waals surface area contributed by atoms with E-state index in [9.17, 15) is 4.39 Å². The number of aromatic nitrogens is 2. The highest BCUT2D eigenvalue weighted by atomic mass is 32.1. The second-order valence-electron chi connectivity index (χ2n) is 12.9. The Morgan fingerprint density at radius 1 is 0.860 bits per heavy atom. The summed E-state index contributed by atoms with van der Waals surface area (Å²) in [7, 11) is 0. The second-order valence-corrected chi connectivity index (χ2v) is 13.3. The highest BCUT2D eigenvalue weighted by molar-refractivity contribution is 7.80. The van der Waals surface area contributed by atoms with Gasteiger partial charge in [-0.25, -0.2) is 4.39 Å². The lowest BCUT2D eigenvalue weighted by atomic mass is 9.79. The molecule has 228 valence electrons. The summed E-state index contributed by atoms with van der Waals surface area (Å²) in [4.78, 5) is 17.2. The van der Waals surface area contributed by atoms with Crippen molar-refractivity contribution >= 4 is 40.6 Å². The minimum atomic E-state index is -0.200. The first-order chi connectivity index (χ1) is 20.9. The summed E-state index contributed by atoms with van der Waals surface area (Å²) in [5, 5.41) is 7.33. The van der Waals surface area contributed by atoms with Gasteiger partial charge in [0.1, 0.15) is 17.5 Å². The quantitative estimate of drug-likeness (QED) is 0.310. The first-order valence-electron chi connectivity index (χ1n) is 15.9. The minimum absolute atomic E-state index is 0.0498. The first-order valence-corrected chi connectivity index (χ1v) is 16.3. The highest BCUT2D eigenvalue weighted by Gasteiger charge is 2.36. The lowest BCUT2D eigenvalue weighted by Crippen LogP contribution is -2.47. The molecule has 0 radical (unpaired) electrons. The molecule has 3 fully saturated rings. The highest BCUT2D eigenvalue weighted by Crippen LogP contribution is 2.40. The van der Waals surface area contributed by atoms with E-state index >= 15 is 0 Å². The summed E-state index contributed by atoms with van der Waals surface area (Å²) in [5.41, 5.74) is 2.39. The number of hydrogen-bond donors (Lipinski definition) is 2. The minimum Gasteiger partial charge on any atom is -0.368 e. The van der Waals surface area contributed by atoms with Gasteiger partial charge in [-0.2, -0.15) is 9.97 Å². The Morgan fingerprint density at radius 2 is 1.47 bits per heavy atom. The van der Waals surface area contributed by atoms with Crippen molar-refractivity contribution in [3.8, 4) is 0 Å². The fourth-order valence-corrected chi connectivity index (χ4v) is 7.47. The van der Waals surface area contributed by atoms with Crippen LogP contribution in [-0.4, -0.2) is 60.9 Å². The molecule has 2 atom stereocenters. The van der Waals surface area contributed by atoms with Gasteiger partial charge in [-0.15, -0.1) is 0 Å². The summed E-state index contributed by atoms with van der Waals surface area (Å²) in [6, 6.07) is 19.8. The van der Waals surface area contributed by atoms with Gasteiger partial charge in [-0.1, -0.05) is 57.0 Å². The second kappa shape index (κ2) is 13.0. The van der Waals surface area contributed by atoms with E-state index in [-0.39, 0.29) is 11.2 Å². The molecule has 9 heteroatoms. The number of benzene rings is 2. The number of hydrogen-bond acceptors (Lipinski definition) is 6. The summed E-state index contributed by atoms with van der Waals surface area (Å²) in [6.45, 7) is 11.0. The number of piperidine rings is 1. The van der Waals surface area contributed by atoms with Crippen LogP contribution in [0, 0.1) is 17.7 Å². The molecule has 3 aromatic rings. The zero-order valence-electron chi connectivity index (χ0n) is 25.4. The van der Waals surface area contributed by atoms with Gasteiger partial charge in [0, 0.05) is 63.0 Å². The molecule has 1 aliphatic carbocycles. The predicted molar refractivity (Wildman–Crippen MR) is 179 cm³/mol. The van der Waals surface area contributed by atoms with E-state index in [1.807, 2.05) is 12.1 Å². The van der Waals surface area contributed by atoms with Crippen molar-refractivity contribution in [3.63, 3.8) is 0 Å². The number of para-hydroxylation sites is 1. The molecule has 2 N–H and O–H groups in total. The molecule has 0 bridgehead atoms. The molecule has 1 aromatic heterocycles. The molecule has 7 nitrogen and oxygen atoms in total. The number of halogens is 1. The maximum atomic E-state index is 13.7. The summed E-state index contributed by atoms with van der Waals surface area (Å²) in [6.07, 6.45) is 5.69. The van der Waals surface area contributed by atoms with E-state index in [2.05, 4.69) is 75.6 Å². The molecule has 2 saturated heterocycles. The fourth-order valence-electron chi connectivity index (χ4n) is 7.30. The van der Waals surface area contributed by atoms with Gasteiger partial charge < -0.3 is 25.3 Å². The number of nitrogens with zero attached hydrogens (tertiary/aromatic N) is 5. The Labute approximate surface area is 260 Å². The van der Waals surface area contributed by atoms with Crippen LogP contribution in [0.5, 0.6) is 0 Å². The van der Waals surface area contributed by atoms with E-state index in [0.717, 1.165) is 76.6 Å². The third-order valence-electron chi connectivity index (χ3n) is 9.45. The maximum Gasteiger partial charge on any atom is 0.232 e. The topological polar surface area (TPSA) is 59.6 Å². The van der Waals surface area contributed by atoms with Crippen LogP contribution in [-0.2, 0) is 5.41 Å². The number of thiocarbonyl (C=S) groups is 1.